The molecule has 114 valence electrons. The molecule has 0 saturated carbocycles. The number of carbonyl (C=O) groups excluding carboxylic acids is 1. The minimum absolute atomic E-state index is 0.0477. The van der Waals surface area contributed by atoms with E-state index in [1.54, 1.807) is 18.2 Å². The predicted octanol–water partition coefficient (Wildman–Crippen LogP) is 2.69. The third kappa shape index (κ3) is 4.18. The number of nitrogens with one attached hydrogen (secondary N) is 1. The lowest BCUT2D eigenvalue weighted by Gasteiger charge is -2.15. The molecule has 1 fully saturated rings. The zero-order chi connectivity index (χ0) is 15.6. The average molecular weight is 376 g/mol. The number of rotatable bonds is 4. The number of hydrogen-bond donors (Lipinski definition) is 2. The lowest BCUT2D eigenvalue weighted by molar-refractivity contribution is -0.142. The molecule has 2 unspecified atom stereocenters. The summed E-state index contributed by atoms with van der Waals surface area (Å²) in [4.78, 5) is 24.9. The molecule has 5 nitrogen and oxygen atoms in total. The van der Waals surface area contributed by atoms with E-state index in [9.17, 15) is 9.59 Å². The smallest absolute Gasteiger partial charge is 0.308 e. The topological polar surface area (TPSA) is 69.6 Å². The van der Waals surface area contributed by atoms with Gasteiger partial charge in [-0.1, -0.05) is 34.5 Å². The van der Waals surface area contributed by atoms with Crippen molar-refractivity contribution in [2.75, 3.05) is 25.0 Å². The molecule has 21 heavy (non-hydrogen) atoms. The van der Waals surface area contributed by atoms with Crippen LogP contribution in [0.4, 0.5) is 5.69 Å². The minimum Gasteiger partial charge on any atom is -0.481 e. The van der Waals surface area contributed by atoms with Crippen LogP contribution in [0.3, 0.4) is 0 Å². The van der Waals surface area contributed by atoms with E-state index in [-0.39, 0.29) is 18.4 Å². The van der Waals surface area contributed by atoms with E-state index in [2.05, 4.69) is 21.2 Å². The highest BCUT2D eigenvalue weighted by molar-refractivity contribution is 9.10. The number of amides is 1. The highest BCUT2D eigenvalue weighted by Gasteiger charge is 2.35. The Labute approximate surface area is 136 Å². The van der Waals surface area contributed by atoms with Crippen molar-refractivity contribution in [3.63, 3.8) is 0 Å². The van der Waals surface area contributed by atoms with Crippen molar-refractivity contribution in [2.24, 2.45) is 11.8 Å². The second kappa shape index (κ2) is 6.77. The third-order valence-corrected chi connectivity index (χ3v) is 4.38. The third-order valence-electron chi connectivity index (χ3n) is 3.58. The van der Waals surface area contributed by atoms with Crippen molar-refractivity contribution in [3.8, 4) is 0 Å². The van der Waals surface area contributed by atoms with Gasteiger partial charge in [0, 0.05) is 17.6 Å². The maximum absolute atomic E-state index is 12.0. The normalized spacial score (nSPS) is 22.2. The lowest BCUT2D eigenvalue weighted by Crippen LogP contribution is -2.32. The fraction of sp³-hybridized carbons (Fsp3) is 0.429. The number of halogens is 2. The van der Waals surface area contributed by atoms with Crippen LogP contribution in [-0.4, -0.2) is 41.5 Å². The van der Waals surface area contributed by atoms with Crippen molar-refractivity contribution < 1.29 is 14.7 Å². The van der Waals surface area contributed by atoms with Crippen LogP contribution in [0.2, 0.25) is 5.02 Å². The van der Waals surface area contributed by atoms with Crippen molar-refractivity contribution >= 4 is 45.1 Å². The summed E-state index contributed by atoms with van der Waals surface area (Å²) in [6.07, 6.45) is 0. The first-order valence-corrected chi connectivity index (χ1v) is 7.74. The monoisotopic (exact) mass is 374 g/mol. The van der Waals surface area contributed by atoms with Gasteiger partial charge in [0.15, 0.2) is 0 Å². The maximum Gasteiger partial charge on any atom is 0.308 e. The fourth-order valence-electron chi connectivity index (χ4n) is 2.50. The first kappa shape index (κ1) is 16.3. The van der Waals surface area contributed by atoms with Gasteiger partial charge in [0.2, 0.25) is 5.91 Å². The predicted molar refractivity (Wildman–Crippen MR) is 84.5 cm³/mol. The molecule has 1 aromatic carbocycles. The molecule has 0 bridgehead atoms. The van der Waals surface area contributed by atoms with Crippen LogP contribution in [-0.2, 0) is 9.59 Å². The molecule has 7 heteroatoms. The van der Waals surface area contributed by atoms with E-state index in [1.165, 1.54) is 0 Å². The second-order valence-electron chi connectivity index (χ2n) is 5.29. The molecule has 0 aliphatic carbocycles. The lowest BCUT2D eigenvalue weighted by atomic mass is 9.99. The van der Waals surface area contributed by atoms with Crippen molar-refractivity contribution in [3.05, 3.63) is 27.7 Å². The van der Waals surface area contributed by atoms with Gasteiger partial charge in [-0.25, -0.2) is 0 Å². The zero-order valence-electron chi connectivity index (χ0n) is 11.5. The number of carboxylic acid groups (broad SMARTS) is 1. The van der Waals surface area contributed by atoms with Crippen molar-refractivity contribution in [1.82, 2.24) is 4.90 Å². The van der Waals surface area contributed by atoms with E-state index in [0.717, 1.165) is 4.47 Å². The molecule has 2 rings (SSSR count). The highest BCUT2D eigenvalue weighted by Crippen LogP contribution is 2.26. The number of benzene rings is 1. The van der Waals surface area contributed by atoms with Gasteiger partial charge in [-0.15, -0.1) is 0 Å². The van der Waals surface area contributed by atoms with Gasteiger partial charge in [-0.3, -0.25) is 14.5 Å². The summed E-state index contributed by atoms with van der Waals surface area (Å²) in [5.41, 5.74) is 0.548. The Balaban J connectivity index is 1.92. The molecule has 0 aromatic heterocycles. The van der Waals surface area contributed by atoms with Crippen LogP contribution in [0.5, 0.6) is 0 Å². The van der Waals surface area contributed by atoms with Gasteiger partial charge < -0.3 is 10.4 Å². The molecule has 1 aliphatic rings. The highest BCUT2D eigenvalue weighted by atomic mass is 79.9. The first-order chi connectivity index (χ1) is 9.86. The first-order valence-electron chi connectivity index (χ1n) is 6.57. The number of likely N-dealkylation sites (tertiary alicyclic amines) is 1. The molecule has 1 heterocycles. The van der Waals surface area contributed by atoms with Crippen molar-refractivity contribution in [1.29, 1.82) is 0 Å². The molecule has 1 aromatic rings. The summed E-state index contributed by atoms with van der Waals surface area (Å²) >= 11 is 9.34. The molecular weight excluding hydrogens is 360 g/mol. The van der Waals surface area contributed by atoms with E-state index < -0.39 is 11.9 Å². The largest absolute Gasteiger partial charge is 0.481 e. The quantitative estimate of drug-likeness (QED) is 0.849. The molecule has 2 atom stereocenters. The molecule has 1 aliphatic heterocycles. The number of nitrogens with zero attached hydrogens (tertiary/aromatic N) is 1. The van der Waals surface area contributed by atoms with Crippen LogP contribution in [0, 0.1) is 11.8 Å². The summed E-state index contributed by atoms with van der Waals surface area (Å²) in [7, 11) is 0. The molecule has 0 radical (unpaired) electrons. The van der Waals surface area contributed by atoms with Gasteiger partial charge in [-0.05, 0) is 24.1 Å². The van der Waals surface area contributed by atoms with E-state index in [1.807, 2.05) is 11.8 Å². The van der Waals surface area contributed by atoms with Gasteiger partial charge >= 0.3 is 5.97 Å². The SMILES string of the molecule is CC1CN(CC(=O)Nc2ccc(Br)cc2Cl)CC1C(=O)O. The minimum atomic E-state index is -0.804. The Morgan fingerprint density at radius 2 is 2.19 bits per heavy atom. The summed E-state index contributed by atoms with van der Waals surface area (Å²) in [6.45, 7) is 3.07. The van der Waals surface area contributed by atoms with E-state index in [0.29, 0.717) is 23.8 Å². The number of aliphatic carboxylic acids is 1. The Morgan fingerprint density at radius 3 is 2.76 bits per heavy atom. The van der Waals surface area contributed by atoms with Gasteiger partial charge in [0.25, 0.3) is 0 Å². The Bertz CT molecular complexity index is 567. The summed E-state index contributed by atoms with van der Waals surface area (Å²) < 4.78 is 0.836. The van der Waals surface area contributed by atoms with E-state index in [4.69, 9.17) is 16.7 Å². The summed E-state index contributed by atoms with van der Waals surface area (Å²) in [6, 6.07) is 5.21. The fourth-order valence-corrected chi connectivity index (χ4v) is 3.22. The molecule has 1 amide bonds. The van der Waals surface area contributed by atoms with Crippen LogP contribution >= 0.6 is 27.5 Å². The van der Waals surface area contributed by atoms with Gasteiger partial charge in [-0.2, -0.15) is 0 Å². The van der Waals surface area contributed by atoms with Crippen LogP contribution in [0.1, 0.15) is 6.92 Å². The summed E-state index contributed by atoms with van der Waals surface area (Å²) in [5, 5.41) is 12.3. The maximum atomic E-state index is 12.0. The van der Waals surface area contributed by atoms with Gasteiger partial charge in [0.1, 0.15) is 0 Å². The number of carboxylic acids is 1. The molecule has 0 spiro atoms. The van der Waals surface area contributed by atoms with E-state index >= 15 is 0 Å². The molecular formula is C14H16BrClN2O3. The Hall–Kier alpha value is -1.11. The number of hydrogen-bond acceptors (Lipinski definition) is 3. The Kier molecular flexibility index (Phi) is 5.24. The number of carbonyl (C=O) groups is 2. The second-order valence-corrected chi connectivity index (χ2v) is 6.61. The van der Waals surface area contributed by atoms with Crippen LogP contribution in [0.15, 0.2) is 22.7 Å². The zero-order valence-corrected chi connectivity index (χ0v) is 13.8. The summed E-state index contributed by atoms with van der Waals surface area (Å²) in [5.74, 6) is -1.36. The standard InChI is InChI=1S/C14H16BrClN2O3/c1-8-5-18(6-10(8)14(20)21)7-13(19)17-12-3-2-9(15)4-11(12)16/h2-4,8,10H,5-7H2,1H3,(H,17,19)(H,20,21). The van der Waals surface area contributed by atoms with Gasteiger partial charge in [0.05, 0.1) is 23.2 Å². The molecule has 2 N–H and O–H groups in total. The van der Waals surface area contributed by atoms with Crippen LogP contribution in [0.25, 0.3) is 0 Å². The van der Waals surface area contributed by atoms with Crippen LogP contribution < -0.4 is 5.32 Å². The van der Waals surface area contributed by atoms with Crippen molar-refractivity contribution in [2.45, 2.75) is 6.92 Å². The number of anilines is 1. The Morgan fingerprint density at radius 1 is 1.48 bits per heavy atom. The molecule has 1 saturated heterocycles. The average Bonchev–Trinajstić information content (AvgIpc) is 2.74.